The van der Waals surface area contributed by atoms with Crippen LogP contribution in [0.2, 0.25) is 5.02 Å². The SMILES string of the molecule is CC(=O)c1ccc(NC(=O)[C@@H]2CC(=O)N(c3ccc(Cl)cc3)C2)cc1. The number of ketones is 1. The minimum absolute atomic E-state index is 0.0297. The van der Waals surface area contributed by atoms with Crippen molar-refractivity contribution in [3.05, 3.63) is 59.1 Å². The van der Waals surface area contributed by atoms with Crippen molar-refractivity contribution in [2.45, 2.75) is 13.3 Å². The van der Waals surface area contributed by atoms with E-state index in [2.05, 4.69) is 5.32 Å². The molecule has 0 bridgehead atoms. The first-order valence-corrected chi connectivity index (χ1v) is 8.29. The molecule has 6 heteroatoms. The molecule has 3 rings (SSSR count). The predicted octanol–water partition coefficient (Wildman–Crippen LogP) is 3.53. The molecule has 1 atom stereocenters. The average molecular weight is 357 g/mol. The highest BCUT2D eigenvalue weighted by molar-refractivity contribution is 6.30. The van der Waals surface area contributed by atoms with E-state index in [0.717, 1.165) is 5.69 Å². The van der Waals surface area contributed by atoms with Gasteiger partial charge in [0.05, 0.1) is 5.92 Å². The second kappa shape index (κ2) is 7.07. The van der Waals surface area contributed by atoms with Crippen molar-refractivity contribution >= 4 is 40.6 Å². The third kappa shape index (κ3) is 3.88. The van der Waals surface area contributed by atoms with E-state index in [-0.39, 0.29) is 24.0 Å². The van der Waals surface area contributed by atoms with Gasteiger partial charge in [0.25, 0.3) is 0 Å². The zero-order chi connectivity index (χ0) is 18.0. The monoisotopic (exact) mass is 356 g/mol. The van der Waals surface area contributed by atoms with Crippen LogP contribution in [0.5, 0.6) is 0 Å². The van der Waals surface area contributed by atoms with Crippen LogP contribution in [0.1, 0.15) is 23.7 Å². The number of amides is 2. The van der Waals surface area contributed by atoms with Gasteiger partial charge in [0.2, 0.25) is 11.8 Å². The van der Waals surface area contributed by atoms with E-state index < -0.39 is 5.92 Å². The number of hydrogen-bond acceptors (Lipinski definition) is 3. The molecule has 0 unspecified atom stereocenters. The summed E-state index contributed by atoms with van der Waals surface area (Å²) >= 11 is 5.87. The second-order valence-corrected chi connectivity index (χ2v) is 6.44. The smallest absolute Gasteiger partial charge is 0.229 e. The fourth-order valence-electron chi connectivity index (χ4n) is 2.79. The highest BCUT2D eigenvalue weighted by Gasteiger charge is 2.35. The van der Waals surface area contributed by atoms with Gasteiger partial charge in [-0.1, -0.05) is 11.6 Å². The average Bonchev–Trinajstić information content (AvgIpc) is 2.98. The van der Waals surface area contributed by atoms with Crippen LogP contribution in [0, 0.1) is 5.92 Å². The molecule has 1 aliphatic rings. The summed E-state index contributed by atoms with van der Waals surface area (Å²) in [5.74, 6) is -0.747. The zero-order valence-corrected chi connectivity index (χ0v) is 14.4. The van der Waals surface area contributed by atoms with Crippen LogP contribution >= 0.6 is 11.6 Å². The van der Waals surface area contributed by atoms with Gasteiger partial charge in [-0.3, -0.25) is 14.4 Å². The van der Waals surface area contributed by atoms with Crippen molar-refractivity contribution in [1.82, 2.24) is 0 Å². The van der Waals surface area contributed by atoms with Crippen molar-refractivity contribution in [2.24, 2.45) is 5.92 Å². The Morgan fingerprint density at radius 2 is 1.72 bits per heavy atom. The van der Waals surface area contributed by atoms with Gasteiger partial charge in [0.15, 0.2) is 5.78 Å². The first-order chi connectivity index (χ1) is 11.9. The van der Waals surface area contributed by atoms with Gasteiger partial charge in [-0.15, -0.1) is 0 Å². The molecule has 1 saturated heterocycles. The largest absolute Gasteiger partial charge is 0.326 e. The van der Waals surface area contributed by atoms with Gasteiger partial charge in [0.1, 0.15) is 0 Å². The summed E-state index contributed by atoms with van der Waals surface area (Å²) in [7, 11) is 0. The number of Topliss-reactive ketones (excluding diaryl/α,β-unsaturated/α-hetero) is 1. The summed E-state index contributed by atoms with van der Waals surface area (Å²) in [6, 6.07) is 13.7. The lowest BCUT2D eigenvalue weighted by Gasteiger charge is -2.16. The fraction of sp³-hybridized carbons (Fsp3) is 0.211. The van der Waals surface area contributed by atoms with E-state index in [1.807, 2.05) is 0 Å². The van der Waals surface area contributed by atoms with Crippen molar-refractivity contribution in [3.63, 3.8) is 0 Å². The third-order valence-electron chi connectivity index (χ3n) is 4.19. The molecule has 25 heavy (non-hydrogen) atoms. The van der Waals surface area contributed by atoms with Crippen LogP contribution < -0.4 is 10.2 Å². The maximum absolute atomic E-state index is 12.4. The van der Waals surface area contributed by atoms with Crippen molar-refractivity contribution in [1.29, 1.82) is 0 Å². The number of anilines is 2. The van der Waals surface area contributed by atoms with Crippen LogP contribution in [-0.2, 0) is 9.59 Å². The lowest BCUT2D eigenvalue weighted by atomic mass is 10.1. The molecule has 0 radical (unpaired) electrons. The molecule has 2 aromatic carbocycles. The van der Waals surface area contributed by atoms with Gasteiger partial charge in [0, 0.05) is 34.9 Å². The number of nitrogens with one attached hydrogen (secondary N) is 1. The van der Waals surface area contributed by atoms with E-state index in [4.69, 9.17) is 11.6 Å². The lowest BCUT2D eigenvalue weighted by molar-refractivity contribution is -0.122. The van der Waals surface area contributed by atoms with Gasteiger partial charge in [-0.25, -0.2) is 0 Å². The summed E-state index contributed by atoms with van der Waals surface area (Å²) in [6.45, 7) is 1.82. The number of benzene rings is 2. The summed E-state index contributed by atoms with van der Waals surface area (Å²) in [5.41, 5.74) is 1.92. The third-order valence-corrected chi connectivity index (χ3v) is 4.45. The molecule has 5 nitrogen and oxygen atoms in total. The van der Waals surface area contributed by atoms with E-state index >= 15 is 0 Å². The Morgan fingerprint density at radius 1 is 1.08 bits per heavy atom. The number of halogens is 1. The van der Waals surface area contributed by atoms with Crippen LogP contribution in [-0.4, -0.2) is 24.1 Å². The number of hydrogen-bond donors (Lipinski definition) is 1. The Hall–Kier alpha value is -2.66. The predicted molar refractivity (Wildman–Crippen MR) is 97.0 cm³/mol. The van der Waals surface area contributed by atoms with Gasteiger partial charge in [-0.2, -0.15) is 0 Å². The molecule has 0 aromatic heterocycles. The lowest BCUT2D eigenvalue weighted by Crippen LogP contribution is -2.28. The zero-order valence-electron chi connectivity index (χ0n) is 13.7. The Balaban J connectivity index is 1.66. The summed E-state index contributed by atoms with van der Waals surface area (Å²) in [5, 5.41) is 3.40. The molecule has 0 saturated carbocycles. The Kier molecular flexibility index (Phi) is 4.86. The minimum Gasteiger partial charge on any atom is -0.326 e. The molecule has 0 spiro atoms. The highest BCUT2D eigenvalue weighted by atomic mass is 35.5. The Labute approximate surface area is 150 Å². The van der Waals surface area contributed by atoms with Crippen molar-refractivity contribution < 1.29 is 14.4 Å². The van der Waals surface area contributed by atoms with Gasteiger partial charge < -0.3 is 10.2 Å². The first-order valence-electron chi connectivity index (χ1n) is 7.92. The number of rotatable bonds is 4. The van der Waals surface area contributed by atoms with Crippen LogP contribution in [0.25, 0.3) is 0 Å². The molecule has 1 fully saturated rings. The van der Waals surface area contributed by atoms with Crippen molar-refractivity contribution in [2.75, 3.05) is 16.8 Å². The molecular formula is C19H17ClN2O3. The molecule has 1 aliphatic heterocycles. The molecule has 2 aromatic rings. The second-order valence-electron chi connectivity index (χ2n) is 6.00. The van der Waals surface area contributed by atoms with Gasteiger partial charge >= 0.3 is 0 Å². The topological polar surface area (TPSA) is 66.5 Å². The molecule has 1 N–H and O–H groups in total. The first kappa shape index (κ1) is 17.2. The van der Waals surface area contributed by atoms with E-state index in [0.29, 0.717) is 22.8 Å². The standard InChI is InChI=1S/C19H17ClN2O3/c1-12(23)13-2-6-16(7-3-13)21-19(25)14-10-18(24)22(11-14)17-8-4-15(20)5-9-17/h2-9,14H,10-11H2,1H3,(H,21,25)/t14-/m1/s1. The maximum atomic E-state index is 12.4. The quantitative estimate of drug-likeness (QED) is 0.852. The molecule has 128 valence electrons. The van der Waals surface area contributed by atoms with Crippen LogP contribution in [0.15, 0.2) is 48.5 Å². The molecular weight excluding hydrogens is 340 g/mol. The van der Waals surface area contributed by atoms with E-state index in [9.17, 15) is 14.4 Å². The summed E-state index contributed by atoms with van der Waals surface area (Å²) in [6.07, 6.45) is 0.167. The van der Waals surface area contributed by atoms with Crippen LogP contribution in [0.4, 0.5) is 11.4 Å². The Bertz CT molecular complexity index is 816. The Morgan fingerprint density at radius 3 is 2.32 bits per heavy atom. The van der Waals surface area contributed by atoms with Crippen molar-refractivity contribution in [3.8, 4) is 0 Å². The summed E-state index contributed by atoms with van der Waals surface area (Å²) in [4.78, 5) is 37.5. The van der Waals surface area contributed by atoms with Gasteiger partial charge in [-0.05, 0) is 55.5 Å². The number of nitrogens with zero attached hydrogens (tertiary/aromatic N) is 1. The minimum atomic E-state index is -0.421. The van der Waals surface area contributed by atoms with E-state index in [1.54, 1.807) is 53.4 Å². The molecule has 1 heterocycles. The summed E-state index contributed by atoms with van der Waals surface area (Å²) < 4.78 is 0. The normalized spacial score (nSPS) is 16.8. The van der Waals surface area contributed by atoms with E-state index in [1.165, 1.54) is 6.92 Å². The maximum Gasteiger partial charge on any atom is 0.229 e. The molecule has 0 aliphatic carbocycles. The molecule has 2 amide bonds. The number of carbonyl (C=O) groups excluding carboxylic acids is 3. The highest BCUT2D eigenvalue weighted by Crippen LogP contribution is 2.27. The number of carbonyl (C=O) groups is 3. The fourth-order valence-corrected chi connectivity index (χ4v) is 2.91. The van der Waals surface area contributed by atoms with Crippen LogP contribution in [0.3, 0.4) is 0 Å².